The van der Waals surface area contributed by atoms with Gasteiger partial charge in [-0.2, -0.15) is 0 Å². The van der Waals surface area contributed by atoms with Crippen molar-refractivity contribution < 1.29 is 24.6 Å². The van der Waals surface area contributed by atoms with Crippen LogP contribution in [0.4, 0.5) is 0 Å². The number of ketones is 1. The number of rotatable bonds is 8. The Hall–Kier alpha value is -2.21. The van der Waals surface area contributed by atoms with Crippen LogP contribution in [0.15, 0.2) is 24.3 Å². The van der Waals surface area contributed by atoms with Gasteiger partial charge in [-0.1, -0.05) is 29.8 Å². The molecule has 0 aliphatic carbocycles. The van der Waals surface area contributed by atoms with Crippen molar-refractivity contribution in [1.82, 2.24) is 5.32 Å². The number of hydrogen-bond acceptors (Lipinski definition) is 4. The standard InChI is InChI=1S/C14H17NO5/c1-9-2-4-10(5-3-9)14(20)11(8-13(18)19)15-7-6-12(16)17/h2-5,11,15H,6-8H2,1H3,(H,16,17)(H,18,19). The molecule has 6 nitrogen and oxygen atoms in total. The van der Waals surface area contributed by atoms with Gasteiger partial charge >= 0.3 is 11.9 Å². The van der Waals surface area contributed by atoms with E-state index in [2.05, 4.69) is 5.32 Å². The third-order valence-corrected chi connectivity index (χ3v) is 2.76. The van der Waals surface area contributed by atoms with Crippen molar-refractivity contribution in [1.29, 1.82) is 0 Å². The summed E-state index contributed by atoms with van der Waals surface area (Å²) >= 11 is 0. The molecule has 0 amide bonds. The first-order chi connectivity index (χ1) is 9.40. The molecule has 108 valence electrons. The molecule has 1 atom stereocenters. The lowest BCUT2D eigenvalue weighted by molar-refractivity contribution is -0.137. The molecule has 0 radical (unpaired) electrons. The van der Waals surface area contributed by atoms with Crippen LogP contribution in [-0.4, -0.2) is 40.5 Å². The molecule has 1 aromatic carbocycles. The van der Waals surface area contributed by atoms with Gasteiger partial charge in [0.25, 0.3) is 0 Å². The van der Waals surface area contributed by atoms with E-state index in [0.29, 0.717) is 5.56 Å². The zero-order valence-electron chi connectivity index (χ0n) is 11.1. The maximum absolute atomic E-state index is 12.2. The van der Waals surface area contributed by atoms with Crippen molar-refractivity contribution in [3.8, 4) is 0 Å². The van der Waals surface area contributed by atoms with E-state index in [9.17, 15) is 14.4 Å². The minimum Gasteiger partial charge on any atom is -0.481 e. The number of nitrogens with one attached hydrogen (secondary N) is 1. The van der Waals surface area contributed by atoms with Crippen molar-refractivity contribution in [3.05, 3.63) is 35.4 Å². The summed E-state index contributed by atoms with van der Waals surface area (Å²) in [5.74, 6) is -2.47. The normalized spacial score (nSPS) is 11.8. The molecule has 0 saturated heterocycles. The monoisotopic (exact) mass is 279 g/mol. The van der Waals surface area contributed by atoms with Gasteiger partial charge in [-0.05, 0) is 6.92 Å². The van der Waals surface area contributed by atoms with E-state index in [0.717, 1.165) is 5.56 Å². The molecule has 1 rings (SSSR count). The fourth-order valence-corrected chi connectivity index (χ4v) is 1.70. The molecule has 6 heteroatoms. The second-order valence-electron chi connectivity index (χ2n) is 4.48. The molecule has 0 saturated carbocycles. The zero-order valence-corrected chi connectivity index (χ0v) is 11.1. The van der Waals surface area contributed by atoms with E-state index in [-0.39, 0.29) is 25.2 Å². The predicted molar refractivity (Wildman–Crippen MR) is 71.8 cm³/mol. The third-order valence-electron chi connectivity index (χ3n) is 2.76. The van der Waals surface area contributed by atoms with E-state index in [1.54, 1.807) is 24.3 Å². The third kappa shape index (κ3) is 5.19. The van der Waals surface area contributed by atoms with E-state index < -0.39 is 18.0 Å². The Balaban J connectivity index is 2.75. The summed E-state index contributed by atoms with van der Waals surface area (Å²) in [5.41, 5.74) is 1.40. The van der Waals surface area contributed by atoms with Crippen molar-refractivity contribution in [3.63, 3.8) is 0 Å². The molecule has 0 fully saturated rings. The van der Waals surface area contributed by atoms with Gasteiger partial charge in [-0.25, -0.2) is 0 Å². The number of Topliss-reactive ketones (excluding diaryl/α,β-unsaturated/α-hetero) is 1. The number of carboxylic acid groups (broad SMARTS) is 2. The Labute approximate surface area is 116 Å². The number of carbonyl (C=O) groups is 3. The van der Waals surface area contributed by atoms with Crippen molar-refractivity contribution in [2.24, 2.45) is 0 Å². The van der Waals surface area contributed by atoms with E-state index in [1.165, 1.54) is 0 Å². The van der Waals surface area contributed by atoms with Gasteiger partial charge in [0.2, 0.25) is 0 Å². The molecule has 0 aliphatic rings. The topological polar surface area (TPSA) is 104 Å². The van der Waals surface area contributed by atoms with Crippen LogP contribution < -0.4 is 5.32 Å². The molecular formula is C14H17NO5. The molecule has 0 heterocycles. The van der Waals surface area contributed by atoms with Crippen LogP contribution in [-0.2, 0) is 9.59 Å². The maximum atomic E-state index is 12.2. The SMILES string of the molecule is Cc1ccc(C(=O)C(CC(=O)O)NCCC(=O)O)cc1. The van der Waals surface area contributed by atoms with Crippen LogP contribution in [0, 0.1) is 6.92 Å². The summed E-state index contributed by atoms with van der Waals surface area (Å²) in [6.07, 6.45) is -0.552. The number of aryl methyl sites for hydroxylation is 1. The fraction of sp³-hybridized carbons (Fsp3) is 0.357. The lowest BCUT2D eigenvalue weighted by atomic mass is 10.0. The fourth-order valence-electron chi connectivity index (χ4n) is 1.70. The molecule has 1 aromatic rings. The largest absolute Gasteiger partial charge is 0.481 e. The zero-order chi connectivity index (χ0) is 15.1. The molecule has 0 bridgehead atoms. The molecule has 0 spiro atoms. The van der Waals surface area contributed by atoms with Gasteiger partial charge in [0, 0.05) is 12.1 Å². The highest BCUT2D eigenvalue weighted by Gasteiger charge is 2.22. The molecule has 3 N–H and O–H groups in total. The van der Waals surface area contributed by atoms with Crippen molar-refractivity contribution >= 4 is 17.7 Å². The van der Waals surface area contributed by atoms with Crippen LogP contribution >= 0.6 is 0 Å². The highest BCUT2D eigenvalue weighted by molar-refractivity contribution is 6.01. The van der Waals surface area contributed by atoms with Gasteiger partial charge < -0.3 is 15.5 Å². The number of benzene rings is 1. The number of aliphatic carboxylic acids is 2. The van der Waals surface area contributed by atoms with Gasteiger partial charge in [0.1, 0.15) is 0 Å². The van der Waals surface area contributed by atoms with Crippen LogP contribution in [0.1, 0.15) is 28.8 Å². The van der Waals surface area contributed by atoms with Gasteiger partial charge in [-0.3, -0.25) is 14.4 Å². The first-order valence-corrected chi connectivity index (χ1v) is 6.18. The highest BCUT2D eigenvalue weighted by atomic mass is 16.4. The lowest BCUT2D eigenvalue weighted by Crippen LogP contribution is -2.39. The first kappa shape index (κ1) is 15.8. The van der Waals surface area contributed by atoms with Crippen molar-refractivity contribution in [2.45, 2.75) is 25.8 Å². The van der Waals surface area contributed by atoms with E-state index >= 15 is 0 Å². The second-order valence-corrected chi connectivity index (χ2v) is 4.48. The molecule has 20 heavy (non-hydrogen) atoms. The summed E-state index contributed by atoms with van der Waals surface area (Å²) in [5, 5.41) is 20.1. The maximum Gasteiger partial charge on any atom is 0.305 e. The summed E-state index contributed by atoms with van der Waals surface area (Å²) in [6, 6.07) is 5.87. The smallest absolute Gasteiger partial charge is 0.305 e. The van der Waals surface area contributed by atoms with Gasteiger partial charge in [0.05, 0.1) is 18.9 Å². The number of carbonyl (C=O) groups excluding carboxylic acids is 1. The molecule has 0 aromatic heterocycles. The van der Waals surface area contributed by atoms with E-state index in [1.807, 2.05) is 6.92 Å². The molecule has 0 aliphatic heterocycles. The van der Waals surface area contributed by atoms with Gasteiger partial charge in [0.15, 0.2) is 5.78 Å². The highest BCUT2D eigenvalue weighted by Crippen LogP contribution is 2.08. The summed E-state index contributed by atoms with van der Waals surface area (Å²) in [7, 11) is 0. The second kappa shape index (κ2) is 7.40. The van der Waals surface area contributed by atoms with Crippen LogP contribution in [0.5, 0.6) is 0 Å². The number of hydrogen-bond donors (Lipinski definition) is 3. The quantitative estimate of drug-likeness (QED) is 0.615. The average Bonchev–Trinajstić information content (AvgIpc) is 2.37. The van der Waals surface area contributed by atoms with Crippen molar-refractivity contribution in [2.75, 3.05) is 6.54 Å². The Bertz CT molecular complexity index is 495. The summed E-state index contributed by atoms with van der Waals surface area (Å²) in [6.45, 7) is 1.93. The van der Waals surface area contributed by atoms with E-state index in [4.69, 9.17) is 10.2 Å². The average molecular weight is 279 g/mol. The Morgan fingerprint density at radius 3 is 2.20 bits per heavy atom. The Kier molecular flexibility index (Phi) is 5.86. The Morgan fingerprint density at radius 1 is 1.10 bits per heavy atom. The molecule has 1 unspecified atom stereocenters. The van der Waals surface area contributed by atoms with Crippen LogP contribution in [0.2, 0.25) is 0 Å². The summed E-state index contributed by atoms with van der Waals surface area (Å²) in [4.78, 5) is 33.4. The van der Waals surface area contributed by atoms with Gasteiger partial charge in [-0.15, -0.1) is 0 Å². The van der Waals surface area contributed by atoms with Crippen LogP contribution in [0.3, 0.4) is 0 Å². The first-order valence-electron chi connectivity index (χ1n) is 6.18. The minimum atomic E-state index is -1.11. The summed E-state index contributed by atoms with van der Waals surface area (Å²) < 4.78 is 0. The van der Waals surface area contributed by atoms with Crippen LogP contribution in [0.25, 0.3) is 0 Å². The predicted octanol–water partition coefficient (Wildman–Crippen LogP) is 1.09. The number of carboxylic acids is 2. The minimum absolute atomic E-state index is 0.0465. The Morgan fingerprint density at radius 2 is 1.70 bits per heavy atom. The lowest BCUT2D eigenvalue weighted by Gasteiger charge is -2.15. The molecular weight excluding hydrogens is 262 g/mol.